The molecule has 122 valence electrons. The Balaban J connectivity index is 2.07. The van der Waals surface area contributed by atoms with Gasteiger partial charge in [-0.15, -0.1) is 0 Å². The van der Waals surface area contributed by atoms with Gasteiger partial charge in [0.15, 0.2) is 0 Å². The maximum absolute atomic E-state index is 13.1. The second-order valence-corrected chi connectivity index (χ2v) is 5.35. The molecule has 0 radical (unpaired) electrons. The highest BCUT2D eigenvalue weighted by atomic mass is 19.1. The van der Waals surface area contributed by atoms with Gasteiger partial charge in [-0.2, -0.15) is 0 Å². The first-order valence-electron chi connectivity index (χ1n) is 7.92. The molecule has 1 heterocycles. The molecule has 0 fully saturated rings. The standard InChI is InChI=1S/C18H22FN3O/c1-3-10-22(11-4-2)16-8-9-17(20-13-16)18(23)21-15-7-5-6-14(19)12-15/h5-9,12-13H,3-4,10-11H2,1-2H3,(H,21,23). The van der Waals surface area contributed by atoms with Crippen LogP contribution >= 0.6 is 0 Å². The highest BCUT2D eigenvalue weighted by molar-refractivity contribution is 6.02. The Labute approximate surface area is 136 Å². The fourth-order valence-corrected chi connectivity index (χ4v) is 2.38. The van der Waals surface area contributed by atoms with E-state index in [-0.39, 0.29) is 11.7 Å². The van der Waals surface area contributed by atoms with Crippen LogP contribution in [0.25, 0.3) is 0 Å². The van der Waals surface area contributed by atoms with Crippen LogP contribution in [0.2, 0.25) is 0 Å². The lowest BCUT2D eigenvalue weighted by Gasteiger charge is -2.23. The van der Waals surface area contributed by atoms with Gasteiger partial charge in [-0.1, -0.05) is 19.9 Å². The molecule has 23 heavy (non-hydrogen) atoms. The summed E-state index contributed by atoms with van der Waals surface area (Å²) in [5.41, 5.74) is 1.74. The summed E-state index contributed by atoms with van der Waals surface area (Å²) in [5.74, 6) is -0.736. The van der Waals surface area contributed by atoms with Crippen molar-refractivity contribution in [3.8, 4) is 0 Å². The Hall–Kier alpha value is -2.43. The number of hydrogen-bond donors (Lipinski definition) is 1. The van der Waals surface area contributed by atoms with Gasteiger partial charge < -0.3 is 10.2 Å². The van der Waals surface area contributed by atoms with Crippen LogP contribution in [0.1, 0.15) is 37.2 Å². The molecule has 0 aliphatic carbocycles. The zero-order chi connectivity index (χ0) is 16.7. The van der Waals surface area contributed by atoms with Crippen LogP contribution in [0.4, 0.5) is 15.8 Å². The van der Waals surface area contributed by atoms with E-state index in [4.69, 9.17) is 0 Å². The minimum atomic E-state index is -0.388. The van der Waals surface area contributed by atoms with Crippen LogP contribution in [-0.4, -0.2) is 24.0 Å². The Morgan fingerprint density at radius 1 is 1.17 bits per heavy atom. The molecule has 0 saturated carbocycles. The van der Waals surface area contributed by atoms with E-state index in [1.54, 1.807) is 24.4 Å². The van der Waals surface area contributed by atoms with Crippen molar-refractivity contribution in [2.75, 3.05) is 23.3 Å². The van der Waals surface area contributed by atoms with E-state index < -0.39 is 0 Å². The molecule has 0 bridgehead atoms. The van der Waals surface area contributed by atoms with Gasteiger partial charge in [0.2, 0.25) is 0 Å². The Morgan fingerprint density at radius 3 is 2.48 bits per heavy atom. The van der Waals surface area contributed by atoms with E-state index in [1.165, 1.54) is 12.1 Å². The topological polar surface area (TPSA) is 45.2 Å². The first-order chi connectivity index (χ1) is 11.1. The number of hydrogen-bond acceptors (Lipinski definition) is 3. The summed E-state index contributed by atoms with van der Waals surface area (Å²) in [6.07, 6.45) is 3.83. The zero-order valence-electron chi connectivity index (χ0n) is 13.6. The lowest BCUT2D eigenvalue weighted by atomic mass is 10.2. The third-order valence-electron chi connectivity index (χ3n) is 3.42. The number of nitrogens with one attached hydrogen (secondary N) is 1. The average molecular weight is 315 g/mol. The molecule has 2 aromatic rings. The summed E-state index contributed by atoms with van der Waals surface area (Å²) in [4.78, 5) is 18.6. The number of anilines is 2. The molecule has 4 nitrogen and oxygen atoms in total. The molecule has 0 spiro atoms. The van der Waals surface area contributed by atoms with Gasteiger partial charge in [0, 0.05) is 18.8 Å². The molecule has 0 aliphatic rings. The fourth-order valence-electron chi connectivity index (χ4n) is 2.38. The van der Waals surface area contributed by atoms with E-state index in [0.29, 0.717) is 11.4 Å². The molecule has 2 rings (SSSR count). The molecular weight excluding hydrogens is 293 g/mol. The molecule has 0 unspecified atom stereocenters. The minimum Gasteiger partial charge on any atom is -0.370 e. The number of aromatic nitrogens is 1. The molecule has 1 aromatic carbocycles. The predicted octanol–water partition coefficient (Wildman–Crippen LogP) is 4.10. The summed E-state index contributed by atoms with van der Waals surface area (Å²) in [6.45, 7) is 6.20. The highest BCUT2D eigenvalue weighted by Gasteiger charge is 2.10. The molecule has 1 N–H and O–H groups in total. The number of pyridine rings is 1. The SMILES string of the molecule is CCCN(CCC)c1ccc(C(=O)Nc2cccc(F)c2)nc1. The van der Waals surface area contributed by atoms with Gasteiger partial charge >= 0.3 is 0 Å². The molecule has 0 saturated heterocycles. The number of carbonyl (C=O) groups is 1. The van der Waals surface area contributed by atoms with Gasteiger partial charge in [-0.25, -0.2) is 9.37 Å². The number of nitrogens with zero attached hydrogens (tertiary/aromatic N) is 2. The first kappa shape index (κ1) is 16.9. The van der Waals surface area contributed by atoms with Crippen molar-refractivity contribution >= 4 is 17.3 Å². The minimum absolute atomic E-state index is 0.311. The quantitative estimate of drug-likeness (QED) is 0.836. The third-order valence-corrected chi connectivity index (χ3v) is 3.42. The molecule has 1 aromatic heterocycles. The second-order valence-electron chi connectivity index (χ2n) is 5.35. The lowest BCUT2D eigenvalue weighted by Crippen LogP contribution is -2.25. The number of benzene rings is 1. The summed E-state index contributed by atoms with van der Waals surface area (Å²) in [7, 11) is 0. The van der Waals surface area contributed by atoms with Crippen molar-refractivity contribution < 1.29 is 9.18 Å². The molecular formula is C18H22FN3O. The normalized spacial score (nSPS) is 10.4. The molecule has 0 atom stereocenters. The summed E-state index contributed by atoms with van der Waals surface area (Å²) >= 11 is 0. The fraction of sp³-hybridized carbons (Fsp3) is 0.333. The number of carbonyl (C=O) groups excluding carboxylic acids is 1. The van der Waals surface area contributed by atoms with Crippen molar-refractivity contribution in [2.45, 2.75) is 26.7 Å². The monoisotopic (exact) mass is 315 g/mol. The molecule has 5 heteroatoms. The van der Waals surface area contributed by atoms with Crippen LogP contribution in [0.5, 0.6) is 0 Å². The summed E-state index contributed by atoms with van der Waals surface area (Å²) < 4.78 is 13.1. The second kappa shape index (κ2) is 8.27. The lowest BCUT2D eigenvalue weighted by molar-refractivity contribution is 0.102. The van der Waals surface area contributed by atoms with E-state index in [2.05, 4.69) is 29.0 Å². The van der Waals surface area contributed by atoms with Crippen molar-refractivity contribution in [3.05, 3.63) is 54.1 Å². The van der Waals surface area contributed by atoms with Crippen LogP contribution in [0, 0.1) is 5.82 Å². The average Bonchev–Trinajstić information content (AvgIpc) is 2.55. The van der Waals surface area contributed by atoms with Crippen molar-refractivity contribution in [2.24, 2.45) is 0 Å². The first-order valence-corrected chi connectivity index (χ1v) is 7.92. The Morgan fingerprint density at radius 2 is 1.91 bits per heavy atom. The van der Waals surface area contributed by atoms with Crippen LogP contribution in [0.3, 0.4) is 0 Å². The molecule has 1 amide bonds. The summed E-state index contributed by atoms with van der Waals surface area (Å²) in [6, 6.07) is 9.39. The van der Waals surface area contributed by atoms with Gasteiger partial charge in [0.1, 0.15) is 11.5 Å². The van der Waals surface area contributed by atoms with E-state index >= 15 is 0 Å². The Bertz CT molecular complexity index is 637. The molecule has 0 aliphatic heterocycles. The van der Waals surface area contributed by atoms with Crippen molar-refractivity contribution in [3.63, 3.8) is 0 Å². The maximum Gasteiger partial charge on any atom is 0.274 e. The van der Waals surface area contributed by atoms with Gasteiger partial charge in [-0.3, -0.25) is 4.79 Å². The number of amides is 1. The Kier molecular flexibility index (Phi) is 6.09. The van der Waals surface area contributed by atoms with Gasteiger partial charge in [0.25, 0.3) is 5.91 Å². The van der Waals surface area contributed by atoms with E-state index in [9.17, 15) is 9.18 Å². The van der Waals surface area contributed by atoms with E-state index in [1.807, 2.05) is 6.07 Å². The van der Waals surface area contributed by atoms with Crippen LogP contribution in [-0.2, 0) is 0 Å². The summed E-state index contributed by atoms with van der Waals surface area (Å²) in [5, 5.41) is 2.64. The largest absolute Gasteiger partial charge is 0.370 e. The van der Waals surface area contributed by atoms with Crippen molar-refractivity contribution in [1.82, 2.24) is 4.98 Å². The van der Waals surface area contributed by atoms with E-state index in [0.717, 1.165) is 31.6 Å². The third kappa shape index (κ3) is 4.77. The number of rotatable bonds is 7. The van der Waals surface area contributed by atoms with Gasteiger partial charge in [0.05, 0.1) is 11.9 Å². The maximum atomic E-state index is 13.1. The highest BCUT2D eigenvalue weighted by Crippen LogP contribution is 2.15. The zero-order valence-corrected chi connectivity index (χ0v) is 13.6. The van der Waals surface area contributed by atoms with Gasteiger partial charge in [-0.05, 0) is 43.2 Å². The van der Waals surface area contributed by atoms with Crippen LogP contribution < -0.4 is 10.2 Å². The van der Waals surface area contributed by atoms with Crippen molar-refractivity contribution in [1.29, 1.82) is 0 Å². The number of halogens is 1. The van der Waals surface area contributed by atoms with Crippen LogP contribution in [0.15, 0.2) is 42.6 Å². The smallest absolute Gasteiger partial charge is 0.274 e. The predicted molar refractivity (Wildman–Crippen MR) is 91.4 cm³/mol.